The average Bonchev–Trinajstić information content (AvgIpc) is 3.46. The molecule has 3 aromatic rings. The first-order valence-electron chi connectivity index (χ1n) is 13.1. The van der Waals surface area contributed by atoms with Gasteiger partial charge in [-0.1, -0.05) is 26.0 Å². The number of ether oxygens (including phenoxy) is 2. The van der Waals surface area contributed by atoms with Crippen molar-refractivity contribution in [1.29, 1.82) is 0 Å². The summed E-state index contributed by atoms with van der Waals surface area (Å²) in [6.07, 6.45) is -1.15. The third kappa shape index (κ3) is 8.81. The molecule has 0 bridgehead atoms. The van der Waals surface area contributed by atoms with E-state index >= 15 is 0 Å². The molecule has 1 fully saturated rings. The molecule has 1 aliphatic heterocycles. The Balaban J connectivity index is 1.52. The van der Waals surface area contributed by atoms with Gasteiger partial charge in [0.05, 0.1) is 35.9 Å². The number of benzene rings is 1. The van der Waals surface area contributed by atoms with Gasteiger partial charge in [-0.05, 0) is 18.1 Å². The average molecular weight is 696 g/mol. The fourth-order valence-electron chi connectivity index (χ4n) is 4.83. The molecule has 0 amide bonds. The van der Waals surface area contributed by atoms with Crippen molar-refractivity contribution in [2.24, 2.45) is 5.92 Å². The number of hydrogen-bond donors (Lipinski definition) is 6. The second kappa shape index (κ2) is 13.6. The number of nitrogen functional groups attached to an aromatic ring is 1. The molecule has 1 aliphatic rings. The van der Waals surface area contributed by atoms with Crippen LogP contribution in [0.15, 0.2) is 42.7 Å². The summed E-state index contributed by atoms with van der Waals surface area (Å²) in [5, 5.41) is 22.7. The molecule has 1 saturated heterocycles. The number of nitro groups is 1. The second-order valence-electron chi connectivity index (χ2n) is 10.3. The van der Waals surface area contributed by atoms with Crippen molar-refractivity contribution in [1.82, 2.24) is 9.55 Å². The van der Waals surface area contributed by atoms with E-state index in [1.54, 1.807) is 35.0 Å². The number of nitrogens with zero attached hydrogens (tertiary/aromatic N) is 3. The fourth-order valence-corrected chi connectivity index (χ4v) is 7.86. The summed E-state index contributed by atoms with van der Waals surface area (Å²) in [4.78, 5) is 51.9. The van der Waals surface area contributed by atoms with Gasteiger partial charge in [0.1, 0.15) is 18.0 Å². The molecule has 6 atom stereocenters. The van der Waals surface area contributed by atoms with Gasteiger partial charge in [-0.15, -0.1) is 0 Å². The van der Waals surface area contributed by atoms with E-state index in [0.717, 1.165) is 0 Å². The van der Waals surface area contributed by atoms with Crippen LogP contribution >= 0.6 is 23.5 Å². The Labute approximate surface area is 255 Å². The number of pyridine rings is 1. The first-order chi connectivity index (χ1) is 20.9. The lowest BCUT2D eigenvalue weighted by molar-refractivity contribution is -0.386. The van der Waals surface area contributed by atoms with E-state index in [2.05, 4.69) is 18.1 Å². The van der Waals surface area contributed by atoms with E-state index in [1.807, 2.05) is 13.8 Å². The number of anilines is 1. The molecule has 4 rings (SSSR count). The van der Waals surface area contributed by atoms with Gasteiger partial charge in [0, 0.05) is 41.5 Å². The molecule has 0 aliphatic carbocycles. The number of para-hydroxylation sites is 1. The van der Waals surface area contributed by atoms with Gasteiger partial charge in [0.25, 0.3) is 5.69 Å². The highest BCUT2D eigenvalue weighted by molar-refractivity contribution is 7.66. The van der Waals surface area contributed by atoms with E-state index in [4.69, 9.17) is 25.0 Å². The number of rotatable bonds is 14. The van der Waals surface area contributed by atoms with Gasteiger partial charge in [-0.2, -0.15) is 8.62 Å². The van der Waals surface area contributed by atoms with Crippen LogP contribution in [0.5, 0.6) is 0 Å². The molecule has 0 radical (unpaired) electrons. The van der Waals surface area contributed by atoms with Crippen LogP contribution in [-0.2, 0) is 42.9 Å². The predicted octanol–water partition coefficient (Wildman–Crippen LogP) is 3.43. The largest absolute Gasteiger partial charge is 0.490 e. The number of hydrogen-bond acceptors (Lipinski definition) is 13. The maximum absolute atomic E-state index is 12.1. The topological polar surface area (TPSA) is 285 Å². The molecular weight excluding hydrogens is 665 g/mol. The number of aliphatic hydroxyl groups is 1. The Bertz CT molecular complexity index is 1700. The quantitative estimate of drug-likeness (QED) is 0.0799. The van der Waals surface area contributed by atoms with Crippen LogP contribution in [0.3, 0.4) is 0 Å². The zero-order valence-corrected chi connectivity index (χ0v) is 26.3. The Morgan fingerprint density at radius 1 is 1.13 bits per heavy atom. The standard InChI is InChI=1S/C23H31N4O15P3/c1-13(2)22(15-5-3-4-6-17(15)27(29)30)38-11-14-10-26(23-21(14)16(24)7-8-25-23)20-9-18(28)19(40-20)12-39-44(34,35)42-45(36,37)41-43(31,32)33/h3-8,10,13,18-20,22,28H,9,11-12H2,1-2H3,(H2,24,25)(H,34,35)(H,36,37)(H2,31,32,33)/t18?,19-,20-,22-/m1/s1. The van der Waals surface area contributed by atoms with Gasteiger partial charge in [-0.25, -0.2) is 18.7 Å². The molecule has 7 N–H and O–H groups in total. The molecule has 248 valence electrons. The van der Waals surface area contributed by atoms with E-state index in [9.17, 15) is 38.7 Å². The Morgan fingerprint density at radius 3 is 2.47 bits per heavy atom. The summed E-state index contributed by atoms with van der Waals surface area (Å²) in [6.45, 7) is 2.82. The van der Waals surface area contributed by atoms with Crippen LogP contribution < -0.4 is 5.73 Å². The fraction of sp³-hybridized carbons (Fsp3) is 0.435. The minimum Gasteiger partial charge on any atom is -0.398 e. The molecule has 0 saturated carbocycles. The summed E-state index contributed by atoms with van der Waals surface area (Å²) < 4.78 is 60.0. The Hall–Kier alpha value is -2.60. The number of aliphatic hydroxyl groups excluding tert-OH is 1. The van der Waals surface area contributed by atoms with Crippen LogP contribution in [0, 0.1) is 16.0 Å². The summed E-state index contributed by atoms with van der Waals surface area (Å²) in [6, 6.07) is 7.82. The predicted molar refractivity (Wildman–Crippen MR) is 154 cm³/mol. The van der Waals surface area contributed by atoms with Crippen molar-refractivity contribution in [3.8, 4) is 0 Å². The maximum atomic E-state index is 12.1. The van der Waals surface area contributed by atoms with Gasteiger partial charge in [0.2, 0.25) is 0 Å². The van der Waals surface area contributed by atoms with E-state index < -0.39 is 59.5 Å². The van der Waals surface area contributed by atoms with Crippen LogP contribution in [0.1, 0.15) is 43.7 Å². The van der Waals surface area contributed by atoms with Crippen LogP contribution in [0.2, 0.25) is 0 Å². The Kier molecular flexibility index (Phi) is 10.7. The number of phosphoric acid groups is 3. The molecular formula is C23H31N4O15P3. The molecule has 3 unspecified atom stereocenters. The highest BCUT2D eigenvalue weighted by Crippen LogP contribution is 2.66. The van der Waals surface area contributed by atoms with Crippen molar-refractivity contribution in [2.75, 3.05) is 12.3 Å². The molecule has 1 aromatic carbocycles. The lowest BCUT2D eigenvalue weighted by Gasteiger charge is -2.22. The highest BCUT2D eigenvalue weighted by Gasteiger charge is 2.43. The maximum Gasteiger partial charge on any atom is 0.490 e. The van der Waals surface area contributed by atoms with Crippen LogP contribution in [0.4, 0.5) is 11.4 Å². The van der Waals surface area contributed by atoms with Crippen molar-refractivity contribution >= 4 is 45.9 Å². The summed E-state index contributed by atoms with van der Waals surface area (Å²) in [5.74, 6) is -0.154. The van der Waals surface area contributed by atoms with Crippen molar-refractivity contribution in [3.05, 3.63) is 64.0 Å². The van der Waals surface area contributed by atoms with Crippen LogP contribution in [0.25, 0.3) is 11.0 Å². The van der Waals surface area contributed by atoms with Gasteiger partial charge in [0.15, 0.2) is 0 Å². The minimum absolute atomic E-state index is 0.0426. The summed E-state index contributed by atoms with van der Waals surface area (Å²) in [7, 11) is -16.7. The number of aromatic nitrogens is 2. The Morgan fingerprint density at radius 2 is 1.82 bits per heavy atom. The normalized spacial score (nSPS) is 22.4. The molecule has 2 aromatic heterocycles. The van der Waals surface area contributed by atoms with Crippen molar-refractivity contribution < 1.29 is 65.9 Å². The molecule has 3 heterocycles. The monoisotopic (exact) mass is 696 g/mol. The molecule has 45 heavy (non-hydrogen) atoms. The number of phosphoric ester groups is 1. The van der Waals surface area contributed by atoms with Crippen molar-refractivity contribution in [2.45, 2.75) is 51.4 Å². The van der Waals surface area contributed by atoms with E-state index in [-0.39, 0.29) is 24.6 Å². The zero-order chi connectivity index (χ0) is 33.3. The first-order valence-corrected chi connectivity index (χ1v) is 17.6. The first kappa shape index (κ1) is 35.3. The van der Waals surface area contributed by atoms with Crippen molar-refractivity contribution in [3.63, 3.8) is 0 Å². The number of nitrogens with two attached hydrogens (primary N) is 1. The number of fused-ring (bicyclic) bond motifs is 1. The third-order valence-corrected chi connectivity index (χ3v) is 10.4. The molecule has 22 heteroatoms. The second-order valence-corrected chi connectivity index (χ2v) is 14.7. The lowest BCUT2D eigenvalue weighted by atomic mass is 9.97. The van der Waals surface area contributed by atoms with Gasteiger partial charge >= 0.3 is 23.5 Å². The summed E-state index contributed by atoms with van der Waals surface area (Å²) >= 11 is 0. The molecule has 19 nitrogen and oxygen atoms in total. The smallest absolute Gasteiger partial charge is 0.398 e. The molecule has 0 spiro atoms. The summed E-state index contributed by atoms with van der Waals surface area (Å²) in [5.41, 5.74) is 7.80. The van der Waals surface area contributed by atoms with Gasteiger partial charge < -0.3 is 44.5 Å². The van der Waals surface area contributed by atoms with E-state index in [1.165, 1.54) is 12.3 Å². The zero-order valence-electron chi connectivity index (χ0n) is 23.6. The van der Waals surface area contributed by atoms with Crippen LogP contribution in [-0.4, -0.2) is 58.0 Å². The minimum atomic E-state index is -5.72. The SMILES string of the molecule is CC(C)[C@@H](OCc1cn([C@H]2CC(O)[C@@H](COP(=O)(O)OP(=O)(O)OP(=O)(O)O)O2)c2nccc(N)c12)c1ccccc1[N+](=O)[O-]. The third-order valence-electron chi connectivity index (χ3n) is 6.62. The van der Waals surface area contributed by atoms with Gasteiger partial charge in [-0.3, -0.25) is 14.6 Å². The highest BCUT2D eigenvalue weighted by atomic mass is 31.3. The number of nitro benzene ring substituents is 1. The van der Waals surface area contributed by atoms with E-state index in [0.29, 0.717) is 27.8 Å². The lowest BCUT2D eigenvalue weighted by Crippen LogP contribution is -2.26.